The molecule has 13 heteroatoms. The average Bonchev–Trinajstić information content (AvgIpc) is 3.53. The van der Waals surface area contributed by atoms with Gasteiger partial charge in [0.25, 0.3) is 5.91 Å². The number of ether oxygens (including phenoxy) is 1. The van der Waals surface area contributed by atoms with Gasteiger partial charge >= 0.3 is 6.18 Å². The Morgan fingerprint density at radius 1 is 1.29 bits per heavy atom. The number of benzene rings is 1. The number of methoxy groups -OCH3 is 1. The van der Waals surface area contributed by atoms with Crippen LogP contribution in [0.4, 0.5) is 13.2 Å². The van der Waals surface area contributed by atoms with E-state index in [4.69, 9.17) is 4.74 Å². The maximum absolute atomic E-state index is 13.7. The summed E-state index contributed by atoms with van der Waals surface area (Å²) in [5.74, 6) is -4.94. The minimum Gasteiger partial charge on any atom is -0.496 e. The third-order valence-electron chi connectivity index (χ3n) is 7.18. The highest BCUT2D eigenvalue weighted by atomic mass is 19.4. The summed E-state index contributed by atoms with van der Waals surface area (Å²) in [5, 5.41) is 15.0. The van der Waals surface area contributed by atoms with Crippen molar-refractivity contribution in [3.63, 3.8) is 0 Å². The lowest BCUT2D eigenvalue weighted by Crippen LogP contribution is -2.52. The van der Waals surface area contributed by atoms with E-state index in [2.05, 4.69) is 15.6 Å². The summed E-state index contributed by atoms with van der Waals surface area (Å²) >= 11 is 0. The number of hydrogen-bond acceptors (Lipinski definition) is 6. The number of aromatic nitrogens is 1. The molecule has 4 atom stereocenters. The Kier molecular flexibility index (Phi) is 7.95. The summed E-state index contributed by atoms with van der Waals surface area (Å²) in [7, 11) is 1.44. The van der Waals surface area contributed by atoms with Crippen molar-refractivity contribution in [1.82, 2.24) is 20.5 Å². The van der Waals surface area contributed by atoms with Crippen molar-refractivity contribution in [3.8, 4) is 5.75 Å². The minimum absolute atomic E-state index is 0.0213. The van der Waals surface area contributed by atoms with E-state index in [0.29, 0.717) is 36.0 Å². The second kappa shape index (κ2) is 11.0. The van der Waals surface area contributed by atoms with Gasteiger partial charge in [-0.25, -0.2) is 0 Å². The van der Waals surface area contributed by atoms with Gasteiger partial charge in [0.15, 0.2) is 5.78 Å². The van der Waals surface area contributed by atoms with Gasteiger partial charge in [-0.2, -0.15) is 13.2 Å². The molecular formula is C25H29F3N4O6. The number of hydrogen-bond donors (Lipinski definition) is 4. The van der Waals surface area contributed by atoms with Gasteiger partial charge < -0.3 is 30.4 Å². The fraction of sp³-hybridized carbons (Fsp3) is 0.520. The fourth-order valence-electron chi connectivity index (χ4n) is 5.12. The standard InChI is InChI=1S/C25H29F3N4O6/c1-38-21-6-2-5-16-15(21)10-18(30-16)24(37)32-11-14(25(26,27)28)9-19(32)23(36)31-17(20(34)12-33)8-13-4-3-7-29-22(13)35/h2,5-6,10,13-14,17,19,30,33H,3-4,7-9,11-12H2,1H3,(H,29,35)(H,31,36)/t13-,14+,17-,19-/m0/s1. The molecule has 2 aromatic rings. The van der Waals surface area contributed by atoms with E-state index in [0.717, 1.165) is 4.90 Å². The first-order chi connectivity index (χ1) is 18.0. The van der Waals surface area contributed by atoms with Gasteiger partial charge in [0.1, 0.15) is 24.1 Å². The number of aromatic amines is 1. The molecule has 1 aromatic heterocycles. The molecule has 0 radical (unpaired) electrons. The van der Waals surface area contributed by atoms with E-state index < -0.39 is 67.3 Å². The Morgan fingerprint density at radius 3 is 2.71 bits per heavy atom. The van der Waals surface area contributed by atoms with Crippen molar-refractivity contribution in [2.24, 2.45) is 11.8 Å². The summed E-state index contributed by atoms with van der Waals surface area (Å²) in [6, 6.07) is 3.67. The van der Waals surface area contributed by atoms with Crippen LogP contribution in [0.15, 0.2) is 24.3 Å². The van der Waals surface area contributed by atoms with Crippen molar-refractivity contribution >= 4 is 34.4 Å². The molecule has 3 amide bonds. The summed E-state index contributed by atoms with van der Waals surface area (Å²) in [4.78, 5) is 54.9. The van der Waals surface area contributed by atoms with Gasteiger partial charge in [0, 0.05) is 29.9 Å². The van der Waals surface area contributed by atoms with E-state index in [9.17, 15) is 37.5 Å². The molecule has 38 heavy (non-hydrogen) atoms. The van der Waals surface area contributed by atoms with Gasteiger partial charge in [-0.3, -0.25) is 19.2 Å². The number of rotatable bonds is 8. The molecule has 0 unspecified atom stereocenters. The molecular weight excluding hydrogens is 509 g/mol. The van der Waals surface area contributed by atoms with Crippen molar-refractivity contribution < 1.29 is 42.2 Å². The number of aliphatic hydroxyl groups excluding tert-OH is 1. The molecule has 2 aliphatic heterocycles. The quantitative estimate of drug-likeness (QED) is 0.402. The smallest absolute Gasteiger partial charge is 0.393 e. The van der Waals surface area contributed by atoms with Crippen LogP contribution in [0.2, 0.25) is 0 Å². The number of carbonyl (C=O) groups is 4. The monoisotopic (exact) mass is 538 g/mol. The van der Waals surface area contributed by atoms with E-state index >= 15 is 0 Å². The van der Waals surface area contributed by atoms with Crippen molar-refractivity contribution in [3.05, 3.63) is 30.0 Å². The highest BCUT2D eigenvalue weighted by Crippen LogP contribution is 2.38. The SMILES string of the molecule is COc1cccc2[nH]c(C(=O)N3C[C@H](C(F)(F)F)C[C@H]3C(=O)N[C@@H](C[C@@H]3CCCNC3=O)C(=O)CO)cc12. The number of carbonyl (C=O) groups excluding carboxylic acids is 4. The topological polar surface area (TPSA) is 141 Å². The predicted octanol–water partition coefficient (Wildman–Crippen LogP) is 1.53. The van der Waals surface area contributed by atoms with Crippen LogP contribution in [0, 0.1) is 11.8 Å². The number of likely N-dealkylation sites (tertiary alicyclic amines) is 1. The molecule has 206 valence electrons. The Hall–Kier alpha value is -3.61. The van der Waals surface area contributed by atoms with Crippen molar-refractivity contribution in [2.45, 2.75) is 43.9 Å². The van der Waals surface area contributed by atoms with Crippen LogP contribution in [0.5, 0.6) is 5.75 Å². The lowest BCUT2D eigenvalue weighted by molar-refractivity contribution is -0.170. The Balaban J connectivity index is 1.59. The summed E-state index contributed by atoms with van der Waals surface area (Å²) in [6.45, 7) is -1.18. The molecule has 0 saturated carbocycles. The highest BCUT2D eigenvalue weighted by molar-refractivity contribution is 6.02. The van der Waals surface area contributed by atoms with E-state index in [-0.39, 0.29) is 18.0 Å². The second-order valence-electron chi connectivity index (χ2n) is 9.60. The molecule has 4 N–H and O–H groups in total. The first-order valence-electron chi connectivity index (χ1n) is 12.3. The number of aliphatic hydroxyl groups is 1. The Bertz CT molecular complexity index is 1230. The minimum atomic E-state index is -4.66. The molecule has 2 saturated heterocycles. The van der Waals surface area contributed by atoms with Gasteiger partial charge in [0.2, 0.25) is 11.8 Å². The maximum Gasteiger partial charge on any atom is 0.393 e. The molecule has 1 aromatic carbocycles. The Labute approximate surface area is 215 Å². The maximum atomic E-state index is 13.7. The third-order valence-corrected chi connectivity index (χ3v) is 7.18. The first kappa shape index (κ1) is 27.4. The number of halogens is 3. The summed E-state index contributed by atoms with van der Waals surface area (Å²) in [6.07, 6.45) is -4.32. The zero-order valence-corrected chi connectivity index (χ0v) is 20.6. The molecule has 10 nitrogen and oxygen atoms in total. The number of fused-ring (bicyclic) bond motifs is 1. The highest BCUT2D eigenvalue weighted by Gasteiger charge is 2.51. The average molecular weight is 539 g/mol. The van der Waals surface area contributed by atoms with Crippen LogP contribution in [0.3, 0.4) is 0 Å². The largest absolute Gasteiger partial charge is 0.496 e. The van der Waals surface area contributed by atoms with Gasteiger partial charge in [-0.1, -0.05) is 6.07 Å². The normalized spacial score (nSPS) is 22.7. The van der Waals surface area contributed by atoms with Crippen LogP contribution in [-0.2, 0) is 14.4 Å². The first-order valence-corrected chi connectivity index (χ1v) is 12.3. The number of Topliss-reactive ketones (excluding diaryl/α,β-unsaturated/α-hetero) is 1. The van der Waals surface area contributed by atoms with E-state index in [1.165, 1.54) is 13.2 Å². The van der Waals surface area contributed by atoms with Crippen LogP contribution in [0.25, 0.3) is 10.9 Å². The molecule has 0 spiro atoms. The van der Waals surface area contributed by atoms with Crippen molar-refractivity contribution in [1.29, 1.82) is 0 Å². The van der Waals surface area contributed by atoms with Gasteiger partial charge in [-0.05, 0) is 43.9 Å². The molecule has 2 fully saturated rings. The molecule has 0 aliphatic carbocycles. The molecule has 4 rings (SSSR count). The van der Waals surface area contributed by atoms with Crippen LogP contribution < -0.4 is 15.4 Å². The van der Waals surface area contributed by atoms with E-state index in [1.807, 2.05) is 0 Å². The van der Waals surface area contributed by atoms with Crippen LogP contribution in [-0.4, -0.2) is 83.6 Å². The second-order valence-corrected chi connectivity index (χ2v) is 9.60. The number of alkyl halides is 3. The molecule has 3 heterocycles. The van der Waals surface area contributed by atoms with Crippen LogP contribution >= 0.6 is 0 Å². The summed E-state index contributed by atoms with van der Waals surface area (Å²) in [5.41, 5.74) is 0.506. The zero-order chi connectivity index (χ0) is 27.6. The van der Waals surface area contributed by atoms with E-state index in [1.54, 1.807) is 18.2 Å². The fourth-order valence-corrected chi connectivity index (χ4v) is 5.12. The number of ketones is 1. The van der Waals surface area contributed by atoms with Gasteiger partial charge in [0.05, 0.1) is 19.1 Å². The lowest BCUT2D eigenvalue weighted by atomic mass is 9.90. The molecule has 2 aliphatic rings. The summed E-state index contributed by atoms with van der Waals surface area (Å²) < 4.78 is 46.3. The number of nitrogens with one attached hydrogen (secondary N) is 3. The van der Waals surface area contributed by atoms with Gasteiger partial charge in [-0.15, -0.1) is 0 Å². The number of nitrogens with zero attached hydrogens (tertiary/aromatic N) is 1. The lowest BCUT2D eigenvalue weighted by Gasteiger charge is -2.28. The number of piperidine rings is 1. The zero-order valence-electron chi connectivity index (χ0n) is 20.6. The third kappa shape index (κ3) is 5.62. The number of amides is 3. The van der Waals surface area contributed by atoms with Crippen molar-refractivity contribution in [2.75, 3.05) is 26.8 Å². The van der Waals surface area contributed by atoms with Crippen LogP contribution in [0.1, 0.15) is 36.2 Å². The number of H-pyrrole nitrogens is 1. The Morgan fingerprint density at radius 2 is 2.05 bits per heavy atom. The molecule has 0 bridgehead atoms. The predicted molar refractivity (Wildman–Crippen MR) is 128 cm³/mol.